The van der Waals surface area contributed by atoms with Crippen LogP contribution in [0.3, 0.4) is 0 Å². The van der Waals surface area contributed by atoms with E-state index in [1.54, 1.807) is 0 Å². The van der Waals surface area contributed by atoms with E-state index in [9.17, 15) is 0 Å². The van der Waals surface area contributed by atoms with Gasteiger partial charge in [-0.25, -0.2) is 9.67 Å². The molecular formula is C18H26Cl2N4O. The van der Waals surface area contributed by atoms with Gasteiger partial charge in [-0.1, -0.05) is 18.5 Å². The second kappa shape index (κ2) is 8.99. The number of nitrogens with zero attached hydrogens (tertiary/aromatic N) is 3. The quantitative estimate of drug-likeness (QED) is 0.844. The summed E-state index contributed by atoms with van der Waals surface area (Å²) in [7, 11) is 0. The Morgan fingerprint density at radius 3 is 2.68 bits per heavy atom. The fourth-order valence-electron chi connectivity index (χ4n) is 3.32. The predicted octanol–water partition coefficient (Wildman–Crippen LogP) is 4.04. The lowest BCUT2D eigenvalue weighted by molar-refractivity contribution is 0.00883. The largest absolute Gasteiger partial charge is 0.377 e. The Bertz CT molecular complexity index is 674. The third-order valence-electron chi connectivity index (χ3n) is 4.55. The lowest BCUT2D eigenvalue weighted by atomic mass is 9.83. The van der Waals surface area contributed by atoms with Gasteiger partial charge in [-0.15, -0.1) is 12.4 Å². The van der Waals surface area contributed by atoms with Gasteiger partial charge in [0.1, 0.15) is 11.6 Å². The lowest BCUT2D eigenvalue weighted by Crippen LogP contribution is -2.42. The number of ether oxygens (including phenoxy) is 1. The Kier molecular flexibility index (Phi) is 7.25. The number of aryl methyl sites for hydroxylation is 1. The molecule has 1 aromatic carbocycles. The maximum absolute atomic E-state index is 6.25. The molecule has 7 heteroatoms. The fourth-order valence-corrected chi connectivity index (χ4v) is 3.44. The van der Waals surface area contributed by atoms with Crippen LogP contribution in [0, 0.1) is 6.92 Å². The minimum atomic E-state index is 0. The molecule has 138 valence electrons. The van der Waals surface area contributed by atoms with E-state index >= 15 is 0 Å². The van der Waals surface area contributed by atoms with Gasteiger partial charge in [-0.3, -0.25) is 0 Å². The molecule has 0 amide bonds. The zero-order chi connectivity index (χ0) is 17.1. The van der Waals surface area contributed by atoms with E-state index in [1.807, 2.05) is 35.9 Å². The van der Waals surface area contributed by atoms with Gasteiger partial charge in [0.15, 0.2) is 0 Å². The molecular weight excluding hydrogens is 359 g/mol. The van der Waals surface area contributed by atoms with Crippen molar-refractivity contribution >= 4 is 24.0 Å². The van der Waals surface area contributed by atoms with Crippen LogP contribution in [0.5, 0.6) is 0 Å². The molecule has 1 saturated carbocycles. The highest BCUT2D eigenvalue weighted by molar-refractivity contribution is 6.30. The zero-order valence-corrected chi connectivity index (χ0v) is 16.3. The predicted molar refractivity (Wildman–Crippen MR) is 103 cm³/mol. The monoisotopic (exact) mass is 384 g/mol. The molecule has 0 radical (unpaired) electrons. The summed E-state index contributed by atoms with van der Waals surface area (Å²) in [5.41, 5.74) is 7.23. The Balaban J connectivity index is 0.00000225. The van der Waals surface area contributed by atoms with Gasteiger partial charge < -0.3 is 10.5 Å². The van der Waals surface area contributed by atoms with Crippen molar-refractivity contribution in [3.8, 4) is 5.69 Å². The van der Waals surface area contributed by atoms with E-state index in [-0.39, 0.29) is 24.6 Å². The second-order valence-electron chi connectivity index (χ2n) is 6.49. The molecule has 0 saturated heterocycles. The second-order valence-corrected chi connectivity index (χ2v) is 6.92. The summed E-state index contributed by atoms with van der Waals surface area (Å²) in [6.07, 6.45) is 3.96. The molecule has 5 nitrogen and oxygen atoms in total. The standard InChI is InChI=1S/C18H25ClN4O.ClH/c1-3-10-24-17-11-13(4-9-16(17)20)18-21-12(2)22-23(18)15-7-5-14(19)6-8-15;/h5-8,13,16-17H,3-4,9-11,20H2,1-2H3;1H/t13-,16+,17+;/m0./s1. The molecule has 1 heterocycles. The average molecular weight is 385 g/mol. The number of rotatable bonds is 5. The molecule has 2 N–H and O–H groups in total. The van der Waals surface area contributed by atoms with Crippen LogP contribution < -0.4 is 5.73 Å². The molecule has 0 aliphatic heterocycles. The summed E-state index contributed by atoms with van der Waals surface area (Å²) in [4.78, 5) is 4.70. The minimum Gasteiger partial charge on any atom is -0.377 e. The third kappa shape index (κ3) is 4.73. The summed E-state index contributed by atoms with van der Waals surface area (Å²) in [6.45, 7) is 4.80. The van der Waals surface area contributed by atoms with Crippen molar-refractivity contribution in [2.75, 3.05) is 6.61 Å². The molecule has 3 atom stereocenters. The maximum atomic E-state index is 6.25. The van der Waals surface area contributed by atoms with Gasteiger partial charge >= 0.3 is 0 Å². The van der Waals surface area contributed by atoms with Gasteiger partial charge in [0.05, 0.1) is 11.8 Å². The fraction of sp³-hybridized carbons (Fsp3) is 0.556. The smallest absolute Gasteiger partial charge is 0.148 e. The zero-order valence-electron chi connectivity index (χ0n) is 14.7. The molecule has 1 aliphatic rings. The molecule has 0 spiro atoms. The van der Waals surface area contributed by atoms with E-state index in [4.69, 9.17) is 27.1 Å². The molecule has 3 rings (SSSR count). The number of hydrogen-bond donors (Lipinski definition) is 1. The van der Waals surface area contributed by atoms with E-state index in [2.05, 4.69) is 12.0 Å². The topological polar surface area (TPSA) is 66.0 Å². The maximum Gasteiger partial charge on any atom is 0.148 e. The van der Waals surface area contributed by atoms with Crippen LogP contribution in [-0.2, 0) is 4.74 Å². The van der Waals surface area contributed by atoms with Crippen molar-refractivity contribution in [1.29, 1.82) is 0 Å². The minimum absolute atomic E-state index is 0. The van der Waals surface area contributed by atoms with Crippen LogP contribution >= 0.6 is 24.0 Å². The van der Waals surface area contributed by atoms with Crippen LogP contribution in [-0.4, -0.2) is 33.5 Å². The van der Waals surface area contributed by atoms with Crippen molar-refractivity contribution < 1.29 is 4.74 Å². The van der Waals surface area contributed by atoms with E-state index in [0.29, 0.717) is 10.9 Å². The molecule has 1 aromatic heterocycles. The van der Waals surface area contributed by atoms with Crippen LogP contribution in [0.4, 0.5) is 0 Å². The van der Waals surface area contributed by atoms with Crippen molar-refractivity contribution in [3.05, 3.63) is 40.9 Å². The summed E-state index contributed by atoms with van der Waals surface area (Å²) in [6, 6.07) is 7.81. The van der Waals surface area contributed by atoms with Gasteiger partial charge in [-0.05, 0) is 56.9 Å². The third-order valence-corrected chi connectivity index (χ3v) is 4.81. The first kappa shape index (κ1) is 20.2. The van der Waals surface area contributed by atoms with E-state index < -0.39 is 0 Å². The Morgan fingerprint density at radius 1 is 1.28 bits per heavy atom. The van der Waals surface area contributed by atoms with Gasteiger partial charge in [-0.2, -0.15) is 5.10 Å². The SMILES string of the molecule is CCCO[C@@H]1C[C@@H](c2nc(C)nn2-c2ccc(Cl)cc2)CC[C@H]1N.Cl. The molecule has 0 bridgehead atoms. The van der Waals surface area contributed by atoms with Crippen LogP contribution in [0.15, 0.2) is 24.3 Å². The number of nitrogens with two attached hydrogens (primary N) is 1. The van der Waals surface area contributed by atoms with Gasteiger partial charge in [0.2, 0.25) is 0 Å². The highest BCUT2D eigenvalue weighted by Crippen LogP contribution is 2.34. The first-order valence-corrected chi connectivity index (χ1v) is 9.03. The molecule has 1 aliphatic carbocycles. The molecule has 25 heavy (non-hydrogen) atoms. The number of aromatic nitrogens is 3. The van der Waals surface area contributed by atoms with Crippen LogP contribution in [0.1, 0.15) is 50.2 Å². The summed E-state index contributed by atoms with van der Waals surface area (Å²) in [5.74, 6) is 2.08. The summed E-state index contributed by atoms with van der Waals surface area (Å²) < 4.78 is 7.90. The van der Waals surface area contributed by atoms with Crippen LogP contribution in [0.25, 0.3) is 5.69 Å². The van der Waals surface area contributed by atoms with Crippen molar-refractivity contribution in [1.82, 2.24) is 14.8 Å². The normalized spacial score (nSPS) is 23.3. The molecule has 2 aromatic rings. The van der Waals surface area contributed by atoms with Crippen molar-refractivity contribution in [3.63, 3.8) is 0 Å². The lowest BCUT2D eigenvalue weighted by Gasteiger charge is -2.33. The van der Waals surface area contributed by atoms with Crippen molar-refractivity contribution in [2.24, 2.45) is 5.73 Å². The summed E-state index contributed by atoms with van der Waals surface area (Å²) >= 11 is 6.00. The highest BCUT2D eigenvalue weighted by atomic mass is 35.5. The first-order chi connectivity index (χ1) is 11.6. The molecule has 1 fully saturated rings. The van der Waals surface area contributed by atoms with E-state index in [0.717, 1.165) is 49.6 Å². The average Bonchev–Trinajstić information content (AvgIpc) is 2.96. The Hall–Kier alpha value is -1.14. The number of halogens is 2. The summed E-state index contributed by atoms with van der Waals surface area (Å²) in [5, 5.41) is 5.30. The Labute approximate surface area is 160 Å². The number of hydrogen-bond acceptors (Lipinski definition) is 4. The Morgan fingerprint density at radius 2 is 2.00 bits per heavy atom. The number of benzene rings is 1. The van der Waals surface area contributed by atoms with Crippen LogP contribution in [0.2, 0.25) is 5.02 Å². The van der Waals surface area contributed by atoms with Crippen molar-refractivity contribution in [2.45, 2.75) is 57.6 Å². The van der Waals surface area contributed by atoms with Gasteiger partial charge in [0.25, 0.3) is 0 Å². The highest BCUT2D eigenvalue weighted by Gasteiger charge is 2.32. The first-order valence-electron chi connectivity index (χ1n) is 8.65. The van der Waals surface area contributed by atoms with Gasteiger partial charge in [0, 0.05) is 23.6 Å². The molecule has 0 unspecified atom stereocenters. The van der Waals surface area contributed by atoms with E-state index in [1.165, 1.54) is 0 Å².